The van der Waals surface area contributed by atoms with Crippen LogP contribution in [0.2, 0.25) is 0 Å². The van der Waals surface area contributed by atoms with Crippen molar-refractivity contribution in [3.63, 3.8) is 0 Å². The Bertz CT molecular complexity index is 681. The molecule has 1 aromatic carbocycles. The monoisotopic (exact) mass is 357 g/mol. The van der Waals surface area contributed by atoms with E-state index in [0.717, 1.165) is 24.8 Å². The molecule has 2 aliphatic rings. The van der Waals surface area contributed by atoms with Crippen molar-refractivity contribution in [3.05, 3.63) is 41.5 Å². The number of piperidine rings is 1. The predicted molar refractivity (Wildman–Crippen MR) is 101 cm³/mol. The van der Waals surface area contributed by atoms with Crippen LogP contribution in [-0.4, -0.2) is 58.6 Å². The van der Waals surface area contributed by atoms with Gasteiger partial charge in [-0.25, -0.2) is 4.79 Å². The first-order valence-corrected chi connectivity index (χ1v) is 9.21. The van der Waals surface area contributed by atoms with Crippen LogP contribution in [0.5, 0.6) is 0 Å². The summed E-state index contributed by atoms with van der Waals surface area (Å²) in [7, 11) is 0. The number of carbonyl (C=O) groups is 2. The first kappa shape index (κ1) is 18.5. The fourth-order valence-electron chi connectivity index (χ4n) is 4.04. The van der Waals surface area contributed by atoms with Crippen LogP contribution in [0, 0.1) is 5.92 Å². The standard InChI is InChI=1S/C20H27N3O3/c1-14(11-15-5-3-2-4-6-15)17-12-18(17)23(20(25)26)16-7-9-22(10-8-16)13-19(21)24/h2-6,11,16-18H,7-10,12-13H2,1H3,(H2,21,24)(H,25,26)/b14-11+/t17-,18+/m0/s1. The van der Waals surface area contributed by atoms with Gasteiger partial charge < -0.3 is 15.7 Å². The van der Waals surface area contributed by atoms with E-state index >= 15 is 0 Å². The summed E-state index contributed by atoms with van der Waals surface area (Å²) in [6.07, 6.45) is 3.72. The molecule has 6 heteroatoms. The third-order valence-corrected chi connectivity index (χ3v) is 5.44. The van der Waals surface area contributed by atoms with Gasteiger partial charge in [0, 0.05) is 31.1 Å². The second kappa shape index (κ2) is 7.91. The molecule has 2 fully saturated rings. The van der Waals surface area contributed by atoms with Gasteiger partial charge in [-0.1, -0.05) is 42.0 Å². The van der Waals surface area contributed by atoms with Crippen LogP contribution >= 0.6 is 0 Å². The molecule has 26 heavy (non-hydrogen) atoms. The number of amides is 2. The molecule has 1 saturated carbocycles. The maximum Gasteiger partial charge on any atom is 0.407 e. The van der Waals surface area contributed by atoms with Gasteiger partial charge in [0.2, 0.25) is 5.91 Å². The van der Waals surface area contributed by atoms with Crippen molar-refractivity contribution in [1.82, 2.24) is 9.80 Å². The minimum atomic E-state index is -0.835. The molecule has 1 aliphatic carbocycles. The maximum atomic E-state index is 11.9. The van der Waals surface area contributed by atoms with Gasteiger partial charge in [-0.2, -0.15) is 0 Å². The predicted octanol–water partition coefficient (Wildman–Crippen LogP) is 2.41. The summed E-state index contributed by atoms with van der Waals surface area (Å²) in [6, 6.07) is 10.2. The Morgan fingerprint density at radius 1 is 1.27 bits per heavy atom. The second-order valence-electron chi connectivity index (χ2n) is 7.37. The molecular formula is C20H27N3O3. The topological polar surface area (TPSA) is 86.9 Å². The summed E-state index contributed by atoms with van der Waals surface area (Å²) in [4.78, 5) is 26.6. The van der Waals surface area contributed by atoms with E-state index in [1.54, 1.807) is 4.90 Å². The lowest BCUT2D eigenvalue weighted by Crippen LogP contribution is -2.49. The Hall–Kier alpha value is -2.34. The highest BCUT2D eigenvalue weighted by atomic mass is 16.4. The van der Waals surface area contributed by atoms with Gasteiger partial charge in [0.25, 0.3) is 0 Å². The first-order chi connectivity index (χ1) is 12.5. The minimum Gasteiger partial charge on any atom is -0.465 e. The van der Waals surface area contributed by atoms with Gasteiger partial charge in [-0.05, 0) is 31.7 Å². The van der Waals surface area contributed by atoms with E-state index in [0.29, 0.717) is 19.0 Å². The number of hydrogen-bond acceptors (Lipinski definition) is 3. The Labute approximate surface area is 154 Å². The van der Waals surface area contributed by atoms with E-state index < -0.39 is 6.09 Å². The minimum absolute atomic E-state index is 0.0242. The van der Waals surface area contributed by atoms with Gasteiger partial charge in [0.15, 0.2) is 0 Å². The van der Waals surface area contributed by atoms with E-state index in [4.69, 9.17) is 5.73 Å². The van der Waals surface area contributed by atoms with Crippen molar-refractivity contribution in [2.24, 2.45) is 11.7 Å². The smallest absolute Gasteiger partial charge is 0.407 e. The molecule has 0 spiro atoms. The summed E-state index contributed by atoms with van der Waals surface area (Å²) in [6.45, 7) is 3.78. The van der Waals surface area contributed by atoms with Crippen LogP contribution < -0.4 is 5.73 Å². The van der Waals surface area contributed by atoms with Crippen molar-refractivity contribution < 1.29 is 14.7 Å². The average Bonchev–Trinajstić information content (AvgIpc) is 3.37. The van der Waals surface area contributed by atoms with Gasteiger partial charge in [0.1, 0.15) is 0 Å². The number of nitrogens with zero attached hydrogens (tertiary/aromatic N) is 2. The summed E-state index contributed by atoms with van der Waals surface area (Å²) >= 11 is 0. The fraction of sp³-hybridized carbons (Fsp3) is 0.500. The molecule has 0 bridgehead atoms. The summed E-state index contributed by atoms with van der Waals surface area (Å²) in [5.74, 6) is -0.0302. The lowest BCUT2D eigenvalue weighted by molar-refractivity contribution is -0.119. The fourth-order valence-corrected chi connectivity index (χ4v) is 4.04. The molecule has 3 N–H and O–H groups in total. The largest absolute Gasteiger partial charge is 0.465 e. The molecule has 2 amide bonds. The third kappa shape index (κ3) is 4.43. The zero-order valence-corrected chi connectivity index (χ0v) is 15.2. The molecular weight excluding hydrogens is 330 g/mol. The van der Waals surface area contributed by atoms with Gasteiger partial charge >= 0.3 is 6.09 Å². The lowest BCUT2D eigenvalue weighted by Gasteiger charge is -2.37. The molecule has 1 aromatic rings. The number of carbonyl (C=O) groups excluding carboxylic acids is 1. The molecule has 2 atom stereocenters. The molecule has 140 valence electrons. The van der Waals surface area contributed by atoms with Crippen molar-refractivity contribution in [1.29, 1.82) is 0 Å². The van der Waals surface area contributed by atoms with Gasteiger partial charge in [-0.3, -0.25) is 9.69 Å². The Morgan fingerprint density at radius 2 is 1.92 bits per heavy atom. The maximum absolute atomic E-state index is 11.9. The van der Waals surface area contributed by atoms with Crippen LogP contribution in [0.4, 0.5) is 4.79 Å². The van der Waals surface area contributed by atoms with Crippen LogP contribution in [0.3, 0.4) is 0 Å². The molecule has 1 heterocycles. The van der Waals surface area contributed by atoms with Gasteiger partial charge in [0.05, 0.1) is 6.54 Å². The molecule has 0 aromatic heterocycles. The highest BCUT2D eigenvalue weighted by Crippen LogP contribution is 2.44. The number of hydrogen-bond donors (Lipinski definition) is 2. The summed E-state index contributed by atoms with van der Waals surface area (Å²) in [5, 5.41) is 9.76. The van der Waals surface area contributed by atoms with Crippen molar-refractivity contribution in [2.45, 2.75) is 38.3 Å². The quantitative estimate of drug-likeness (QED) is 0.818. The number of benzene rings is 1. The molecule has 6 nitrogen and oxygen atoms in total. The number of likely N-dealkylation sites (tertiary alicyclic amines) is 1. The molecule has 0 unspecified atom stereocenters. The number of primary amides is 1. The lowest BCUT2D eigenvalue weighted by atomic mass is 10.0. The van der Waals surface area contributed by atoms with Crippen LogP contribution in [0.1, 0.15) is 31.7 Å². The highest BCUT2D eigenvalue weighted by molar-refractivity contribution is 5.75. The Morgan fingerprint density at radius 3 is 2.50 bits per heavy atom. The molecule has 0 radical (unpaired) electrons. The van der Waals surface area contributed by atoms with Crippen LogP contribution in [-0.2, 0) is 4.79 Å². The van der Waals surface area contributed by atoms with Crippen molar-refractivity contribution in [2.75, 3.05) is 19.6 Å². The van der Waals surface area contributed by atoms with Crippen molar-refractivity contribution in [3.8, 4) is 0 Å². The van der Waals surface area contributed by atoms with E-state index in [2.05, 4.69) is 25.1 Å². The van der Waals surface area contributed by atoms with Crippen molar-refractivity contribution >= 4 is 18.1 Å². The van der Waals surface area contributed by atoms with E-state index in [9.17, 15) is 14.7 Å². The molecule has 1 saturated heterocycles. The summed E-state index contributed by atoms with van der Waals surface area (Å²) in [5.41, 5.74) is 7.63. The Kier molecular flexibility index (Phi) is 5.61. The highest BCUT2D eigenvalue weighted by Gasteiger charge is 2.47. The normalized spacial score (nSPS) is 24.3. The van der Waals surface area contributed by atoms with Crippen LogP contribution in [0.25, 0.3) is 6.08 Å². The van der Waals surface area contributed by atoms with E-state index in [1.165, 1.54) is 5.57 Å². The third-order valence-electron chi connectivity index (χ3n) is 5.44. The van der Waals surface area contributed by atoms with Gasteiger partial charge in [-0.15, -0.1) is 0 Å². The summed E-state index contributed by atoms with van der Waals surface area (Å²) < 4.78 is 0. The first-order valence-electron chi connectivity index (χ1n) is 9.21. The SMILES string of the molecule is C/C(=C\c1ccccc1)[C@@H]1C[C@H]1N(C(=O)O)C1CCN(CC(N)=O)CC1. The van der Waals surface area contributed by atoms with Crippen LogP contribution in [0.15, 0.2) is 35.9 Å². The zero-order valence-electron chi connectivity index (χ0n) is 15.2. The Balaban J connectivity index is 1.61. The number of rotatable bonds is 6. The average molecular weight is 357 g/mol. The number of carboxylic acid groups (broad SMARTS) is 1. The van der Waals surface area contributed by atoms with E-state index in [-0.39, 0.29) is 24.5 Å². The molecule has 1 aliphatic heterocycles. The van der Waals surface area contributed by atoms with E-state index in [1.807, 2.05) is 23.1 Å². The second-order valence-corrected chi connectivity index (χ2v) is 7.37. The molecule has 3 rings (SSSR count). The number of nitrogens with two attached hydrogens (primary N) is 1. The zero-order chi connectivity index (χ0) is 18.7.